The number of fused-ring (bicyclic) bond motifs is 1. The van der Waals surface area contributed by atoms with E-state index in [0.29, 0.717) is 25.3 Å². The lowest BCUT2D eigenvalue weighted by atomic mass is 10.0. The molecule has 0 amide bonds. The van der Waals surface area contributed by atoms with Gasteiger partial charge in [0.05, 0.1) is 12.4 Å². The molecule has 4 rings (SSSR count). The van der Waals surface area contributed by atoms with Crippen LogP contribution in [0.5, 0.6) is 0 Å². The number of methoxy groups -OCH3 is 1. The maximum atomic E-state index is 12.7. The minimum atomic E-state index is 0.135. The Morgan fingerprint density at radius 3 is 2.76 bits per heavy atom. The Balaban J connectivity index is 1.46. The molecule has 1 heterocycles. The van der Waals surface area contributed by atoms with Crippen LogP contribution in [0.3, 0.4) is 0 Å². The Morgan fingerprint density at radius 1 is 1.10 bits per heavy atom. The van der Waals surface area contributed by atoms with Gasteiger partial charge in [0.15, 0.2) is 10.9 Å². The normalized spacial score (nSPS) is 12.9. The van der Waals surface area contributed by atoms with Gasteiger partial charge in [-0.3, -0.25) is 4.79 Å². The zero-order chi connectivity index (χ0) is 20.1. The maximum Gasteiger partial charge on any atom is 0.191 e. The standard InChI is InChI=1S/C23H25N3O2S/c1-28-13-12-26-22(14-17-6-3-2-4-7-17)24-25-23(26)29-16-21(27)20-11-10-18-8-5-9-19(18)15-20/h2-4,6-7,10-11,15H,5,8-9,12-14,16H2,1H3. The van der Waals surface area contributed by atoms with Crippen LogP contribution in [-0.4, -0.2) is 40.0 Å². The molecule has 1 aromatic heterocycles. The summed E-state index contributed by atoms with van der Waals surface area (Å²) in [4.78, 5) is 12.7. The number of ether oxygens (including phenoxy) is 1. The summed E-state index contributed by atoms with van der Waals surface area (Å²) in [6.45, 7) is 1.24. The van der Waals surface area contributed by atoms with E-state index < -0.39 is 0 Å². The molecule has 0 atom stereocenters. The summed E-state index contributed by atoms with van der Waals surface area (Å²) in [5.41, 5.74) is 4.70. The number of rotatable bonds is 9. The predicted molar refractivity (Wildman–Crippen MR) is 115 cm³/mol. The highest BCUT2D eigenvalue weighted by Gasteiger charge is 2.17. The Bertz CT molecular complexity index is 985. The van der Waals surface area contributed by atoms with Crippen LogP contribution in [-0.2, 0) is 30.5 Å². The second-order valence-electron chi connectivity index (χ2n) is 7.25. The van der Waals surface area contributed by atoms with Crippen molar-refractivity contribution in [3.63, 3.8) is 0 Å². The van der Waals surface area contributed by atoms with Gasteiger partial charge in [-0.2, -0.15) is 0 Å². The lowest BCUT2D eigenvalue weighted by Crippen LogP contribution is -2.11. The summed E-state index contributed by atoms with van der Waals surface area (Å²) in [5, 5.41) is 9.51. The first kappa shape index (κ1) is 19.9. The first-order valence-corrected chi connectivity index (χ1v) is 11.0. The van der Waals surface area contributed by atoms with Crippen molar-refractivity contribution in [1.29, 1.82) is 0 Å². The van der Waals surface area contributed by atoms with Crippen molar-refractivity contribution >= 4 is 17.5 Å². The van der Waals surface area contributed by atoms with Gasteiger partial charge in [0.1, 0.15) is 5.82 Å². The SMILES string of the molecule is COCCn1c(Cc2ccccc2)nnc1SCC(=O)c1ccc2c(c1)CCC2. The number of aryl methyl sites for hydroxylation is 2. The monoisotopic (exact) mass is 407 g/mol. The smallest absolute Gasteiger partial charge is 0.191 e. The van der Waals surface area contributed by atoms with Gasteiger partial charge in [0.2, 0.25) is 0 Å². The van der Waals surface area contributed by atoms with Crippen molar-refractivity contribution in [3.05, 3.63) is 76.6 Å². The molecular formula is C23H25N3O2S. The van der Waals surface area contributed by atoms with Crippen LogP contribution in [0.25, 0.3) is 0 Å². The average Bonchev–Trinajstić information content (AvgIpc) is 3.37. The summed E-state index contributed by atoms with van der Waals surface area (Å²) in [7, 11) is 1.69. The van der Waals surface area contributed by atoms with Crippen molar-refractivity contribution in [1.82, 2.24) is 14.8 Å². The summed E-state index contributed by atoms with van der Waals surface area (Å²) >= 11 is 1.45. The number of hydrogen-bond donors (Lipinski definition) is 0. The fourth-order valence-electron chi connectivity index (χ4n) is 3.70. The number of Topliss-reactive ketones (excluding diaryl/α,β-unsaturated/α-hetero) is 1. The summed E-state index contributed by atoms with van der Waals surface area (Å²) < 4.78 is 7.33. The minimum Gasteiger partial charge on any atom is -0.383 e. The Kier molecular flexibility index (Phi) is 6.42. The Labute approximate surface area is 175 Å². The van der Waals surface area contributed by atoms with E-state index in [4.69, 9.17) is 4.74 Å². The van der Waals surface area contributed by atoms with E-state index in [9.17, 15) is 4.79 Å². The quantitative estimate of drug-likeness (QED) is 0.397. The fourth-order valence-corrected chi connectivity index (χ4v) is 4.58. The number of carbonyl (C=O) groups excluding carboxylic acids is 1. The molecule has 3 aromatic rings. The van der Waals surface area contributed by atoms with Crippen LogP contribution in [0.1, 0.15) is 39.3 Å². The molecule has 0 bridgehead atoms. The van der Waals surface area contributed by atoms with Crippen LogP contribution in [0.2, 0.25) is 0 Å². The van der Waals surface area contributed by atoms with Crippen LogP contribution in [0.4, 0.5) is 0 Å². The molecule has 0 N–H and O–H groups in total. The molecule has 6 heteroatoms. The molecule has 0 unspecified atom stereocenters. The third-order valence-electron chi connectivity index (χ3n) is 5.27. The largest absolute Gasteiger partial charge is 0.383 e. The molecule has 0 aliphatic heterocycles. The van der Waals surface area contributed by atoms with Crippen LogP contribution in [0, 0.1) is 0 Å². The highest BCUT2D eigenvalue weighted by Crippen LogP contribution is 2.25. The summed E-state index contributed by atoms with van der Waals surface area (Å²) in [6, 6.07) is 16.4. The lowest BCUT2D eigenvalue weighted by Gasteiger charge is -2.10. The lowest BCUT2D eigenvalue weighted by molar-refractivity contribution is 0.102. The molecule has 2 aromatic carbocycles. The summed E-state index contributed by atoms with van der Waals surface area (Å²) in [6.07, 6.45) is 4.11. The van der Waals surface area contributed by atoms with E-state index in [-0.39, 0.29) is 5.78 Å². The van der Waals surface area contributed by atoms with Crippen molar-refractivity contribution in [2.24, 2.45) is 0 Å². The van der Waals surface area contributed by atoms with Crippen molar-refractivity contribution in [2.45, 2.75) is 37.4 Å². The van der Waals surface area contributed by atoms with Gasteiger partial charge < -0.3 is 9.30 Å². The van der Waals surface area contributed by atoms with Gasteiger partial charge in [0.25, 0.3) is 0 Å². The molecule has 1 aliphatic rings. The number of aromatic nitrogens is 3. The van der Waals surface area contributed by atoms with Crippen molar-refractivity contribution in [2.75, 3.05) is 19.5 Å². The highest BCUT2D eigenvalue weighted by molar-refractivity contribution is 7.99. The van der Waals surface area contributed by atoms with Gasteiger partial charge in [-0.15, -0.1) is 10.2 Å². The molecule has 0 saturated heterocycles. The maximum absolute atomic E-state index is 12.7. The third-order valence-corrected chi connectivity index (χ3v) is 6.24. The van der Waals surface area contributed by atoms with Gasteiger partial charge in [-0.25, -0.2) is 0 Å². The molecular weight excluding hydrogens is 382 g/mol. The van der Waals surface area contributed by atoms with E-state index in [2.05, 4.69) is 39.0 Å². The average molecular weight is 408 g/mol. The molecule has 0 fully saturated rings. The molecule has 29 heavy (non-hydrogen) atoms. The topological polar surface area (TPSA) is 57.0 Å². The van der Waals surface area contributed by atoms with Crippen LogP contribution >= 0.6 is 11.8 Å². The Morgan fingerprint density at radius 2 is 1.93 bits per heavy atom. The number of benzene rings is 2. The zero-order valence-electron chi connectivity index (χ0n) is 16.6. The van der Waals surface area contributed by atoms with Gasteiger partial charge in [-0.05, 0) is 42.0 Å². The fraction of sp³-hybridized carbons (Fsp3) is 0.348. The van der Waals surface area contributed by atoms with Gasteiger partial charge >= 0.3 is 0 Å². The number of carbonyl (C=O) groups is 1. The molecule has 1 aliphatic carbocycles. The molecule has 0 saturated carbocycles. The number of hydrogen-bond acceptors (Lipinski definition) is 5. The second-order valence-corrected chi connectivity index (χ2v) is 8.20. The predicted octanol–water partition coefficient (Wildman–Crippen LogP) is 3.98. The summed E-state index contributed by atoms with van der Waals surface area (Å²) in [5.74, 6) is 1.38. The van der Waals surface area contributed by atoms with E-state index in [0.717, 1.165) is 29.4 Å². The van der Waals surface area contributed by atoms with Gasteiger partial charge in [0, 0.05) is 25.6 Å². The van der Waals surface area contributed by atoms with Crippen LogP contribution in [0.15, 0.2) is 53.7 Å². The van der Waals surface area contributed by atoms with E-state index in [1.165, 1.54) is 34.9 Å². The van der Waals surface area contributed by atoms with Crippen molar-refractivity contribution < 1.29 is 9.53 Å². The number of nitrogens with zero attached hydrogens (tertiary/aromatic N) is 3. The second kappa shape index (κ2) is 9.37. The molecule has 0 spiro atoms. The first-order chi connectivity index (χ1) is 14.2. The third kappa shape index (κ3) is 4.77. The number of thioether (sulfide) groups is 1. The molecule has 150 valence electrons. The van der Waals surface area contributed by atoms with E-state index in [1.54, 1.807) is 7.11 Å². The first-order valence-electron chi connectivity index (χ1n) is 9.97. The van der Waals surface area contributed by atoms with Crippen molar-refractivity contribution in [3.8, 4) is 0 Å². The Hall–Kier alpha value is -2.44. The minimum absolute atomic E-state index is 0.135. The van der Waals surface area contributed by atoms with Gasteiger partial charge in [-0.1, -0.05) is 54.2 Å². The molecule has 5 nitrogen and oxygen atoms in total. The number of ketones is 1. The molecule has 0 radical (unpaired) electrons. The van der Waals surface area contributed by atoms with E-state index in [1.807, 2.05) is 24.3 Å². The zero-order valence-corrected chi connectivity index (χ0v) is 17.5. The van der Waals surface area contributed by atoms with Crippen LogP contribution < -0.4 is 0 Å². The highest BCUT2D eigenvalue weighted by atomic mass is 32.2. The van der Waals surface area contributed by atoms with E-state index >= 15 is 0 Å².